The average molecular weight is 334 g/mol. The summed E-state index contributed by atoms with van der Waals surface area (Å²) in [5.41, 5.74) is 0.712. The van der Waals surface area contributed by atoms with Crippen molar-refractivity contribution in [2.24, 2.45) is 0 Å². The van der Waals surface area contributed by atoms with Gasteiger partial charge in [-0.2, -0.15) is 0 Å². The molecule has 1 aliphatic rings. The largest absolute Gasteiger partial charge is 0.465 e. The topological polar surface area (TPSA) is 93.7 Å². The fourth-order valence-corrected chi connectivity index (χ4v) is 2.70. The van der Waals surface area contributed by atoms with Crippen LogP contribution >= 0.6 is 0 Å². The highest BCUT2D eigenvalue weighted by Gasteiger charge is 2.17. The molecule has 1 amide bonds. The summed E-state index contributed by atoms with van der Waals surface area (Å²) in [4.78, 5) is 35.5. The number of anilines is 1. The van der Waals surface area contributed by atoms with Gasteiger partial charge in [-0.05, 0) is 44.0 Å². The Labute approximate surface area is 140 Å². The lowest BCUT2D eigenvalue weighted by Crippen LogP contribution is -2.23. The third-order valence-corrected chi connectivity index (χ3v) is 3.94. The van der Waals surface area contributed by atoms with Gasteiger partial charge in [-0.1, -0.05) is 0 Å². The van der Waals surface area contributed by atoms with E-state index in [0.717, 1.165) is 25.8 Å². The Morgan fingerprint density at radius 3 is 2.25 bits per heavy atom. The van der Waals surface area contributed by atoms with Crippen LogP contribution in [-0.2, 0) is 14.3 Å². The Hall–Kier alpha value is -2.41. The minimum Gasteiger partial charge on any atom is -0.465 e. The molecule has 1 unspecified atom stereocenters. The van der Waals surface area contributed by atoms with Crippen LogP contribution in [0.15, 0.2) is 18.2 Å². The smallest absolute Gasteiger partial charge is 0.337 e. The van der Waals surface area contributed by atoms with E-state index in [2.05, 4.69) is 20.1 Å². The molecule has 1 aromatic carbocycles. The first-order valence-electron chi connectivity index (χ1n) is 7.88. The van der Waals surface area contributed by atoms with Gasteiger partial charge in [0.25, 0.3) is 0 Å². The predicted octanol–water partition coefficient (Wildman–Crippen LogP) is 1.73. The third kappa shape index (κ3) is 4.79. The molecule has 1 saturated heterocycles. The first-order chi connectivity index (χ1) is 11.5. The minimum atomic E-state index is -0.591. The highest BCUT2D eigenvalue weighted by molar-refractivity contribution is 5.99. The molecule has 7 nitrogen and oxygen atoms in total. The standard InChI is InChI=1S/C17H22N2O5/c1-23-16(21)11-8-12(17(22)24-2)10-14(9-11)19-15(20)6-5-13-4-3-7-18-13/h8-10,13,18H,3-7H2,1-2H3,(H,19,20). The van der Waals surface area contributed by atoms with Crippen molar-refractivity contribution in [3.8, 4) is 0 Å². The molecule has 2 N–H and O–H groups in total. The number of esters is 2. The molecule has 1 aliphatic heterocycles. The summed E-state index contributed by atoms with van der Waals surface area (Å²) in [5, 5.41) is 6.06. The first-order valence-corrected chi connectivity index (χ1v) is 7.88. The number of carbonyl (C=O) groups is 3. The van der Waals surface area contributed by atoms with Crippen LogP contribution in [0.2, 0.25) is 0 Å². The van der Waals surface area contributed by atoms with Gasteiger partial charge >= 0.3 is 11.9 Å². The van der Waals surface area contributed by atoms with Gasteiger partial charge < -0.3 is 20.1 Å². The maximum absolute atomic E-state index is 12.1. The van der Waals surface area contributed by atoms with E-state index in [1.807, 2.05) is 0 Å². The number of hydrogen-bond donors (Lipinski definition) is 2. The number of nitrogens with one attached hydrogen (secondary N) is 2. The van der Waals surface area contributed by atoms with Crippen molar-refractivity contribution in [1.29, 1.82) is 0 Å². The molecule has 1 heterocycles. The van der Waals surface area contributed by atoms with Gasteiger partial charge in [0.05, 0.1) is 25.3 Å². The van der Waals surface area contributed by atoms with E-state index in [0.29, 0.717) is 18.2 Å². The number of carbonyl (C=O) groups excluding carboxylic acids is 3. The van der Waals surface area contributed by atoms with E-state index in [1.165, 1.54) is 32.4 Å². The summed E-state index contributed by atoms with van der Waals surface area (Å²) in [7, 11) is 2.50. The van der Waals surface area contributed by atoms with Gasteiger partial charge in [0, 0.05) is 18.2 Å². The quantitative estimate of drug-likeness (QED) is 0.770. The Kier molecular flexibility index (Phi) is 6.31. The molecule has 0 bridgehead atoms. The van der Waals surface area contributed by atoms with Gasteiger partial charge in [0.1, 0.15) is 0 Å². The van der Waals surface area contributed by atoms with Crippen LogP contribution < -0.4 is 10.6 Å². The molecule has 0 saturated carbocycles. The SMILES string of the molecule is COC(=O)c1cc(NC(=O)CCC2CCCN2)cc(C(=O)OC)c1. The van der Waals surface area contributed by atoms with Crippen molar-refractivity contribution in [3.63, 3.8) is 0 Å². The van der Waals surface area contributed by atoms with Crippen LogP contribution in [0.3, 0.4) is 0 Å². The normalized spacial score (nSPS) is 16.5. The zero-order valence-corrected chi connectivity index (χ0v) is 13.9. The number of amides is 1. The molecule has 1 fully saturated rings. The molecule has 0 aromatic heterocycles. The van der Waals surface area contributed by atoms with Gasteiger partial charge in [0.15, 0.2) is 0 Å². The van der Waals surface area contributed by atoms with Crippen molar-refractivity contribution in [2.45, 2.75) is 31.7 Å². The van der Waals surface area contributed by atoms with E-state index in [-0.39, 0.29) is 17.0 Å². The van der Waals surface area contributed by atoms with E-state index in [4.69, 9.17) is 0 Å². The summed E-state index contributed by atoms with van der Waals surface area (Å²) < 4.78 is 9.34. The van der Waals surface area contributed by atoms with Crippen LogP contribution in [-0.4, -0.2) is 44.7 Å². The fourth-order valence-electron chi connectivity index (χ4n) is 2.70. The van der Waals surface area contributed by atoms with E-state index >= 15 is 0 Å². The van der Waals surface area contributed by atoms with Crippen LogP contribution in [0, 0.1) is 0 Å². The van der Waals surface area contributed by atoms with Crippen LogP contribution in [0.5, 0.6) is 0 Å². The maximum atomic E-state index is 12.1. The minimum absolute atomic E-state index is 0.165. The number of rotatable bonds is 6. The number of ether oxygens (including phenoxy) is 2. The molecular weight excluding hydrogens is 312 g/mol. The summed E-state index contributed by atoms with van der Waals surface area (Å²) in [5.74, 6) is -1.35. The predicted molar refractivity (Wildman–Crippen MR) is 88.0 cm³/mol. The van der Waals surface area contributed by atoms with Crippen molar-refractivity contribution >= 4 is 23.5 Å². The monoisotopic (exact) mass is 334 g/mol. The van der Waals surface area contributed by atoms with E-state index in [1.54, 1.807) is 0 Å². The molecule has 0 radical (unpaired) electrons. The van der Waals surface area contributed by atoms with Gasteiger partial charge in [-0.3, -0.25) is 4.79 Å². The van der Waals surface area contributed by atoms with Crippen molar-refractivity contribution in [3.05, 3.63) is 29.3 Å². The molecule has 130 valence electrons. The molecule has 1 atom stereocenters. The molecule has 0 spiro atoms. The molecule has 2 rings (SSSR count). The van der Waals surface area contributed by atoms with E-state index in [9.17, 15) is 14.4 Å². The van der Waals surface area contributed by atoms with Gasteiger partial charge in [0.2, 0.25) is 5.91 Å². The summed E-state index contributed by atoms with van der Waals surface area (Å²) in [6, 6.07) is 4.70. The second kappa shape index (κ2) is 8.44. The first kappa shape index (κ1) is 17.9. The average Bonchev–Trinajstić information content (AvgIpc) is 3.11. The second-order valence-electron chi connectivity index (χ2n) is 5.66. The second-order valence-corrected chi connectivity index (χ2v) is 5.66. The van der Waals surface area contributed by atoms with Crippen LogP contribution in [0.4, 0.5) is 5.69 Å². The van der Waals surface area contributed by atoms with Crippen LogP contribution in [0.1, 0.15) is 46.4 Å². The molecular formula is C17H22N2O5. The van der Waals surface area contributed by atoms with E-state index < -0.39 is 11.9 Å². The lowest BCUT2D eigenvalue weighted by molar-refractivity contribution is -0.116. The van der Waals surface area contributed by atoms with Crippen molar-refractivity contribution in [1.82, 2.24) is 5.32 Å². The molecule has 0 aliphatic carbocycles. The molecule has 7 heteroatoms. The zero-order valence-electron chi connectivity index (χ0n) is 13.9. The Morgan fingerprint density at radius 2 is 1.75 bits per heavy atom. The number of benzene rings is 1. The summed E-state index contributed by atoms with van der Waals surface area (Å²) in [6.07, 6.45) is 3.34. The zero-order chi connectivity index (χ0) is 17.5. The Morgan fingerprint density at radius 1 is 1.12 bits per heavy atom. The number of hydrogen-bond acceptors (Lipinski definition) is 6. The molecule has 24 heavy (non-hydrogen) atoms. The van der Waals surface area contributed by atoms with Gasteiger partial charge in [-0.15, -0.1) is 0 Å². The summed E-state index contributed by atoms with van der Waals surface area (Å²) >= 11 is 0. The lowest BCUT2D eigenvalue weighted by atomic mass is 10.1. The van der Waals surface area contributed by atoms with Crippen molar-refractivity contribution in [2.75, 3.05) is 26.1 Å². The molecule has 1 aromatic rings. The summed E-state index contributed by atoms with van der Waals surface area (Å²) in [6.45, 7) is 0.996. The van der Waals surface area contributed by atoms with Crippen LogP contribution in [0.25, 0.3) is 0 Å². The number of methoxy groups -OCH3 is 2. The van der Waals surface area contributed by atoms with Crippen molar-refractivity contribution < 1.29 is 23.9 Å². The maximum Gasteiger partial charge on any atom is 0.337 e. The highest BCUT2D eigenvalue weighted by atomic mass is 16.5. The Bertz CT molecular complexity index is 589. The highest BCUT2D eigenvalue weighted by Crippen LogP contribution is 2.18. The fraction of sp³-hybridized carbons (Fsp3) is 0.471. The lowest BCUT2D eigenvalue weighted by Gasteiger charge is -2.11. The Balaban J connectivity index is 2.07. The van der Waals surface area contributed by atoms with Gasteiger partial charge in [-0.25, -0.2) is 9.59 Å². The third-order valence-electron chi connectivity index (χ3n) is 3.94.